The lowest BCUT2D eigenvalue weighted by molar-refractivity contribution is 0.147. The van der Waals surface area contributed by atoms with Gasteiger partial charge in [-0.25, -0.2) is 4.39 Å². The SMILES string of the molecule is Cc1ccc(C(O)C(CN)c2ccc(F)cc2)cc1. The second-order valence-corrected chi connectivity index (χ2v) is 4.75. The maximum Gasteiger partial charge on any atom is 0.123 e. The van der Waals surface area contributed by atoms with Crippen molar-refractivity contribution >= 4 is 0 Å². The first kappa shape index (κ1) is 13.7. The van der Waals surface area contributed by atoms with Crippen LogP contribution in [0.2, 0.25) is 0 Å². The molecule has 0 heterocycles. The van der Waals surface area contributed by atoms with Crippen LogP contribution in [0.4, 0.5) is 4.39 Å². The van der Waals surface area contributed by atoms with Gasteiger partial charge in [0.2, 0.25) is 0 Å². The van der Waals surface area contributed by atoms with Crippen LogP contribution in [-0.4, -0.2) is 11.7 Å². The Bertz CT molecular complexity index is 521. The number of nitrogens with two attached hydrogens (primary N) is 1. The molecule has 0 saturated carbocycles. The second kappa shape index (κ2) is 5.95. The van der Waals surface area contributed by atoms with Crippen LogP contribution in [0.1, 0.15) is 28.7 Å². The van der Waals surface area contributed by atoms with Gasteiger partial charge in [0.1, 0.15) is 5.82 Å². The van der Waals surface area contributed by atoms with Gasteiger partial charge in [-0.1, -0.05) is 42.0 Å². The zero-order chi connectivity index (χ0) is 13.8. The molecule has 2 atom stereocenters. The number of aliphatic hydroxyl groups excluding tert-OH is 1. The van der Waals surface area contributed by atoms with Crippen LogP contribution >= 0.6 is 0 Å². The molecular weight excluding hydrogens is 241 g/mol. The van der Waals surface area contributed by atoms with Gasteiger partial charge in [-0.3, -0.25) is 0 Å². The third-order valence-electron chi connectivity index (χ3n) is 3.35. The molecule has 3 N–H and O–H groups in total. The topological polar surface area (TPSA) is 46.2 Å². The monoisotopic (exact) mass is 259 g/mol. The molecule has 0 saturated heterocycles. The summed E-state index contributed by atoms with van der Waals surface area (Å²) in [7, 11) is 0. The molecule has 0 aliphatic rings. The van der Waals surface area contributed by atoms with E-state index in [9.17, 15) is 9.50 Å². The first-order chi connectivity index (χ1) is 9.11. The average Bonchev–Trinajstić information content (AvgIpc) is 2.42. The zero-order valence-electron chi connectivity index (χ0n) is 10.9. The summed E-state index contributed by atoms with van der Waals surface area (Å²) in [6.07, 6.45) is -0.684. The van der Waals surface area contributed by atoms with E-state index in [1.165, 1.54) is 12.1 Å². The number of benzene rings is 2. The molecule has 19 heavy (non-hydrogen) atoms. The van der Waals surface area contributed by atoms with Crippen LogP contribution in [0.15, 0.2) is 48.5 Å². The van der Waals surface area contributed by atoms with Gasteiger partial charge in [0.05, 0.1) is 6.10 Å². The number of rotatable bonds is 4. The minimum atomic E-state index is -0.684. The Kier molecular flexibility index (Phi) is 4.30. The highest BCUT2D eigenvalue weighted by Gasteiger charge is 2.21. The minimum Gasteiger partial charge on any atom is -0.388 e. The summed E-state index contributed by atoms with van der Waals surface area (Å²) in [4.78, 5) is 0. The molecular formula is C16H18FNO. The molecule has 0 amide bonds. The molecule has 0 spiro atoms. The largest absolute Gasteiger partial charge is 0.388 e. The zero-order valence-corrected chi connectivity index (χ0v) is 10.9. The van der Waals surface area contributed by atoms with Gasteiger partial charge in [0.15, 0.2) is 0 Å². The van der Waals surface area contributed by atoms with Crippen LogP contribution in [0, 0.1) is 12.7 Å². The van der Waals surface area contributed by atoms with Gasteiger partial charge in [0, 0.05) is 12.5 Å². The van der Waals surface area contributed by atoms with Crippen molar-refractivity contribution in [3.63, 3.8) is 0 Å². The molecule has 2 rings (SSSR count). The van der Waals surface area contributed by atoms with Gasteiger partial charge >= 0.3 is 0 Å². The Morgan fingerprint density at radius 2 is 1.53 bits per heavy atom. The predicted octanol–water partition coefficient (Wildman–Crippen LogP) is 2.91. The number of halogens is 1. The highest BCUT2D eigenvalue weighted by molar-refractivity contribution is 5.29. The number of aliphatic hydroxyl groups is 1. The van der Waals surface area contributed by atoms with E-state index in [-0.39, 0.29) is 11.7 Å². The molecule has 2 aromatic carbocycles. The van der Waals surface area contributed by atoms with E-state index >= 15 is 0 Å². The fourth-order valence-electron chi connectivity index (χ4n) is 2.15. The molecule has 0 aromatic heterocycles. The van der Waals surface area contributed by atoms with Crippen molar-refractivity contribution in [2.75, 3.05) is 6.54 Å². The summed E-state index contributed by atoms with van der Waals surface area (Å²) in [6.45, 7) is 2.30. The van der Waals surface area contributed by atoms with Crippen molar-refractivity contribution in [2.45, 2.75) is 18.9 Å². The normalized spacial score (nSPS) is 14.1. The Hall–Kier alpha value is -1.71. The lowest BCUT2D eigenvalue weighted by Crippen LogP contribution is -2.20. The molecule has 0 aliphatic heterocycles. The highest BCUT2D eigenvalue weighted by atomic mass is 19.1. The number of hydrogen-bond donors (Lipinski definition) is 2. The van der Waals surface area contributed by atoms with Gasteiger partial charge < -0.3 is 10.8 Å². The summed E-state index contributed by atoms with van der Waals surface area (Å²) < 4.78 is 12.9. The smallest absolute Gasteiger partial charge is 0.123 e. The maximum absolute atomic E-state index is 12.9. The lowest BCUT2D eigenvalue weighted by Gasteiger charge is -2.22. The first-order valence-corrected chi connectivity index (χ1v) is 6.32. The van der Waals surface area contributed by atoms with Crippen LogP contribution in [-0.2, 0) is 0 Å². The summed E-state index contributed by atoms with van der Waals surface area (Å²) in [5.74, 6) is -0.521. The molecule has 0 radical (unpaired) electrons. The molecule has 0 aliphatic carbocycles. The van der Waals surface area contributed by atoms with E-state index in [4.69, 9.17) is 5.73 Å². The van der Waals surface area contributed by atoms with Crippen LogP contribution in [0.5, 0.6) is 0 Å². The Morgan fingerprint density at radius 1 is 1.00 bits per heavy atom. The summed E-state index contributed by atoms with van der Waals surface area (Å²) in [5.41, 5.74) is 8.57. The maximum atomic E-state index is 12.9. The molecule has 2 unspecified atom stereocenters. The highest BCUT2D eigenvalue weighted by Crippen LogP contribution is 2.30. The average molecular weight is 259 g/mol. The first-order valence-electron chi connectivity index (χ1n) is 6.32. The van der Waals surface area contributed by atoms with E-state index in [0.717, 1.165) is 16.7 Å². The Labute approximate surface area is 112 Å². The third kappa shape index (κ3) is 3.19. The van der Waals surface area contributed by atoms with Crippen molar-refractivity contribution < 1.29 is 9.50 Å². The fourth-order valence-corrected chi connectivity index (χ4v) is 2.15. The standard InChI is InChI=1S/C16H18FNO/c1-11-2-4-13(5-3-11)16(19)15(10-18)12-6-8-14(17)9-7-12/h2-9,15-16,19H,10,18H2,1H3. The molecule has 100 valence electrons. The Morgan fingerprint density at radius 3 is 2.05 bits per heavy atom. The molecule has 0 bridgehead atoms. The van der Waals surface area contributed by atoms with E-state index in [1.54, 1.807) is 12.1 Å². The van der Waals surface area contributed by atoms with Crippen LogP contribution in [0.25, 0.3) is 0 Å². The van der Waals surface area contributed by atoms with Crippen LogP contribution in [0.3, 0.4) is 0 Å². The molecule has 2 nitrogen and oxygen atoms in total. The molecule has 0 fully saturated rings. The van der Waals surface area contributed by atoms with Gasteiger partial charge in [-0.2, -0.15) is 0 Å². The van der Waals surface area contributed by atoms with Crippen molar-refractivity contribution in [1.82, 2.24) is 0 Å². The van der Waals surface area contributed by atoms with Gasteiger partial charge in [0.25, 0.3) is 0 Å². The summed E-state index contributed by atoms with van der Waals surface area (Å²) >= 11 is 0. The predicted molar refractivity (Wildman–Crippen MR) is 74.3 cm³/mol. The number of hydrogen-bond acceptors (Lipinski definition) is 2. The molecule has 3 heteroatoms. The summed E-state index contributed by atoms with van der Waals surface area (Å²) in [5, 5.41) is 10.4. The van der Waals surface area contributed by atoms with Gasteiger partial charge in [-0.05, 0) is 30.2 Å². The van der Waals surface area contributed by atoms with Crippen molar-refractivity contribution in [1.29, 1.82) is 0 Å². The summed E-state index contributed by atoms with van der Waals surface area (Å²) in [6, 6.07) is 13.8. The van der Waals surface area contributed by atoms with E-state index in [2.05, 4.69) is 0 Å². The van der Waals surface area contributed by atoms with E-state index < -0.39 is 6.10 Å². The van der Waals surface area contributed by atoms with Crippen molar-refractivity contribution in [3.8, 4) is 0 Å². The quantitative estimate of drug-likeness (QED) is 0.886. The minimum absolute atomic E-state index is 0.233. The van der Waals surface area contributed by atoms with E-state index in [1.807, 2.05) is 31.2 Å². The third-order valence-corrected chi connectivity index (χ3v) is 3.35. The number of aryl methyl sites for hydroxylation is 1. The van der Waals surface area contributed by atoms with Gasteiger partial charge in [-0.15, -0.1) is 0 Å². The van der Waals surface area contributed by atoms with Crippen LogP contribution < -0.4 is 5.73 Å². The molecule has 2 aromatic rings. The fraction of sp³-hybridized carbons (Fsp3) is 0.250. The Balaban J connectivity index is 2.26. The second-order valence-electron chi connectivity index (χ2n) is 4.75. The lowest BCUT2D eigenvalue weighted by atomic mass is 9.89. The van der Waals surface area contributed by atoms with Crippen molar-refractivity contribution in [3.05, 3.63) is 71.0 Å². The van der Waals surface area contributed by atoms with E-state index in [0.29, 0.717) is 6.54 Å². The van der Waals surface area contributed by atoms with Crippen molar-refractivity contribution in [2.24, 2.45) is 5.73 Å².